The van der Waals surface area contributed by atoms with Crippen molar-refractivity contribution in [3.05, 3.63) is 86.5 Å². The molecule has 0 saturated carbocycles. The predicted octanol–water partition coefficient (Wildman–Crippen LogP) is 4.14. The Labute approximate surface area is 194 Å². The Bertz CT molecular complexity index is 1370. The van der Waals surface area contributed by atoms with Crippen LogP contribution in [0.4, 0.5) is 11.4 Å². The van der Waals surface area contributed by atoms with Crippen molar-refractivity contribution in [3.8, 4) is 11.3 Å². The third-order valence-corrected chi connectivity index (χ3v) is 5.47. The Kier molecular flexibility index (Phi) is 5.97. The highest BCUT2D eigenvalue weighted by molar-refractivity contribution is 8.18. The molecule has 34 heavy (non-hydrogen) atoms. The Hall–Kier alpha value is -4.71. The molecule has 2 heterocycles. The summed E-state index contributed by atoms with van der Waals surface area (Å²) < 4.78 is 5.71. The van der Waals surface area contributed by atoms with Crippen molar-refractivity contribution in [1.29, 1.82) is 0 Å². The number of benzene rings is 2. The lowest BCUT2D eigenvalue weighted by Crippen LogP contribution is -2.19. The summed E-state index contributed by atoms with van der Waals surface area (Å²) in [5.41, 5.74) is 0.124. The molecule has 0 aliphatic carbocycles. The molecule has 0 radical (unpaired) electrons. The first-order chi connectivity index (χ1) is 16.2. The van der Waals surface area contributed by atoms with Crippen LogP contribution in [0.3, 0.4) is 0 Å². The van der Waals surface area contributed by atoms with Crippen molar-refractivity contribution < 1.29 is 33.9 Å². The van der Waals surface area contributed by atoms with Crippen LogP contribution in [0.15, 0.2) is 68.9 Å². The van der Waals surface area contributed by atoms with Crippen molar-refractivity contribution in [3.63, 3.8) is 0 Å². The standard InChI is InChI=1S/C22H13N3O8S/c26-19-18(10-16-5-6-17(33-16)11-1-3-15(4-2-11)25(31)32)34-22(24-19)23-14-8-12(20(27)28)7-13(9-14)21(29)30/h1-10H,(H,27,28)(H,29,30)(H,23,24,26)/b18-10+. The van der Waals surface area contributed by atoms with Crippen molar-refractivity contribution in [1.82, 2.24) is 5.32 Å². The third kappa shape index (κ3) is 4.86. The molecular formula is C22H13N3O8S. The third-order valence-electron chi connectivity index (χ3n) is 4.56. The van der Waals surface area contributed by atoms with E-state index in [-0.39, 0.29) is 32.6 Å². The molecule has 0 unspecified atom stereocenters. The van der Waals surface area contributed by atoms with Gasteiger partial charge < -0.3 is 19.9 Å². The average Bonchev–Trinajstić information content (AvgIpc) is 3.40. The fourth-order valence-electron chi connectivity index (χ4n) is 2.98. The summed E-state index contributed by atoms with van der Waals surface area (Å²) in [4.78, 5) is 49.5. The van der Waals surface area contributed by atoms with Gasteiger partial charge in [-0.25, -0.2) is 14.6 Å². The number of carboxylic acid groups (broad SMARTS) is 2. The molecule has 1 aliphatic rings. The van der Waals surface area contributed by atoms with Gasteiger partial charge in [0.25, 0.3) is 11.6 Å². The number of hydrogen-bond acceptors (Lipinski definition) is 8. The number of amidine groups is 1. The van der Waals surface area contributed by atoms with E-state index < -0.39 is 22.8 Å². The maximum absolute atomic E-state index is 12.3. The number of carboxylic acids is 2. The van der Waals surface area contributed by atoms with Gasteiger partial charge in [0.05, 0.1) is 26.6 Å². The second-order valence-electron chi connectivity index (χ2n) is 6.87. The summed E-state index contributed by atoms with van der Waals surface area (Å²) in [6, 6.07) is 12.5. The van der Waals surface area contributed by atoms with E-state index in [1.165, 1.54) is 30.3 Å². The van der Waals surface area contributed by atoms with Gasteiger partial charge in [0, 0.05) is 23.8 Å². The number of nitrogens with one attached hydrogen (secondary N) is 1. The molecule has 1 amide bonds. The zero-order valence-corrected chi connectivity index (χ0v) is 17.7. The van der Waals surface area contributed by atoms with Crippen LogP contribution in [-0.2, 0) is 4.79 Å². The smallest absolute Gasteiger partial charge is 0.335 e. The van der Waals surface area contributed by atoms with E-state index in [2.05, 4.69) is 10.3 Å². The van der Waals surface area contributed by atoms with E-state index in [0.717, 1.165) is 17.8 Å². The summed E-state index contributed by atoms with van der Waals surface area (Å²) in [6.07, 6.45) is 1.48. The highest BCUT2D eigenvalue weighted by Gasteiger charge is 2.25. The summed E-state index contributed by atoms with van der Waals surface area (Å²) in [7, 11) is 0. The van der Waals surface area contributed by atoms with Gasteiger partial charge in [0.15, 0.2) is 5.17 Å². The van der Waals surface area contributed by atoms with E-state index in [4.69, 9.17) is 4.42 Å². The second-order valence-corrected chi connectivity index (χ2v) is 7.90. The molecule has 12 heteroatoms. The Morgan fingerprint density at radius 3 is 2.26 bits per heavy atom. The van der Waals surface area contributed by atoms with Crippen LogP contribution in [-0.4, -0.2) is 38.1 Å². The summed E-state index contributed by atoms with van der Waals surface area (Å²) in [6.45, 7) is 0. The molecule has 0 spiro atoms. The van der Waals surface area contributed by atoms with Crippen molar-refractivity contribution in [2.45, 2.75) is 0 Å². The Morgan fingerprint density at radius 2 is 1.68 bits per heavy atom. The van der Waals surface area contributed by atoms with Crippen LogP contribution in [0.5, 0.6) is 0 Å². The average molecular weight is 479 g/mol. The minimum absolute atomic E-state index is 0.0483. The number of amides is 1. The minimum atomic E-state index is -1.31. The number of aromatic carboxylic acids is 2. The monoisotopic (exact) mass is 479 g/mol. The Balaban J connectivity index is 1.56. The first kappa shape index (κ1) is 22.5. The van der Waals surface area contributed by atoms with Crippen molar-refractivity contribution in [2.24, 2.45) is 4.99 Å². The number of thioether (sulfide) groups is 1. The van der Waals surface area contributed by atoms with Gasteiger partial charge in [0.2, 0.25) is 0 Å². The molecule has 3 aromatic rings. The molecule has 0 bridgehead atoms. The molecule has 1 aromatic heterocycles. The normalized spacial score (nSPS) is 15.5. The van der Waals surface area contributed by atoms with Crippen LogP contribution in [0.25, 0.3) is 17.4 Å². The van der Waals surface area contributed by atoms with Gasteiger partial charge in [-0.05, 0) is 54.2 Å². The number of furan rings is 1. The number of nitro groups is 1. The highest BCUT2D eigenvalue weighted by atomic mass is 32.2. The zero-order valence-electron chi connectivity index (χ0n) is 16.9. The van der Waals surface area contributed by atoms with E-state index in [9.17, 15) is 34.7 Å². The number of hydrogen-bond donors (Lipinski definition) is 3. The lowest BCUT2D eigenvalue weighted by molar-refractivity contribution is -0.384. The lowest BCUT2D eigenvalue weighted by atomic mass is 10.1. The number of aliphatic imine (C=N–C) groups is 1. The molecule has 1 aliphatic heterocycles. The first-order valence-corrected chi connectivity index (χ1v) is 10.3. The van der Waals surface area contributed by atoms with Crippen molar-refractivity contribution >= 4 is 52.2 Å². The fourth-order valence-corrected chi connectivity index (χ4v) is 3.80. The van der Waals surface area contributed by atoms with Gasteiger partial charge in [-0.2, -0.15) is 0 Å². The number of non-ortho nitro benzene ring substituents is 1. The summed E-state index contributed by atoms with van der Waals surface area (Å²) >= 11 is 0.968. The van der Waals surface area contributed by atoms with Gasteiger partial charge in [-0.1, -0.05) is 0 Å². The van der Waals surface area contributed by atoms with E-state index in [0.29, 0.717) is 17.1 Å². The molecule has 11 nitrogen and oxygen atoms in total. The predicted molar refractivity (Wildman–Crippen MR) is 122 cm³/mol. The van der Waals surface area contributed by atoms with Crippen LogP contribution >= 0.6 is 11.8 Å². The largest absolute Gasteiger partial charge is 0.478 e. The summed E-state index contributed by atoms with van der Waals surface area (Å²) in [5, 5.41) is 31.8. The quantitative estimate of drug-likeness (QED) is 0.267. The number of carbonyl (C=O) groups excluding carboxylic acids is 1. The molecule has 0 atom stereocenters. The minimum Gasteiger partial charge on any atom is -0.478 e. The van der Waals surface area contributed by atoms with Crippen LogP contribution in [0.1, 0.15) is 26.5 Å². The topological polar surface area (TPSA) is 172 Å². The number of rotatable bonds is 6. The van der Waals surface area contributed by atoms with E-state index in [1.54, 1.807) is 24.3 Å². The zero-order chi connectivity index (χ0) is 24.4. The lowest BCUT2D eigenvalue weighted by Gasteiger charge is -2.02. The molecule has 170 valence electrons. The number of nitro benzene ring substituents is 1. The van der Waals surface area contributed by atoms with Gasteiger partial charge in [-0.3, -0.25) is 14.9 Å². The molecular weight excluding hydrogens is 466 g/mol. The summed E-state index contributed by atoms with van der Waals surface area (Å²) in [5.74, 6) is -2.28. The maximum atomic E-state index is 12.3. The highest BCUT2D eigenvalue weighted by Crippen LogP contribution is 2.31. The van der Waals surface area contributed by atoms with E-state index in [1.807, 2.05) is 0 Å². The second kappa shape index (κ2) is 9.03. The molecule has 1 saturated heterocycles. The maximum Gasteiger partial charge on any atom is 0.335 e. The van der Waals surface area contributed by atoms with Crippen LogP contribution < -0.4 is 5.32 Å². The fraction of sp³-hybridized carbons (Fsp3) is 0. The number of carbonyl (C=O) groups is 3. The first-order valence-electron chi connectivity index (χ1n) is 9.45. The number of nitrogens with zero attached hydrogens (tertiary/aromatic N) is 2. The van der Waals surface area contributed by atoms with Gasteiger partial charge >= 0.3 is 11.9 Å². The molecule has 3 N–H and O–H groups in total. The Morgan fingerprint density at radius 1 is 1.03 bits per heavy atom. The molecule has 1 fully saturated rings. The van der Waals surface area contributed by atoms with Crippen molar-refractivity contribution in [2.75, 3.05) is 0 Å². The molecule has 4 rings (SSSR count). The van der Waals surface area contributed by atoms with Crippen LogP contribution in [0.2, 0.25) is 0 Å². The SMILES string of the molecule is O=C1NC(=Nc2cc(C(=O)O)cc(C(=O)O)c2)S/C1=C/c1ccc(-c2ccc([N+](=O)[O-])cc2)o1. The van der Waals surface area contributed by atoms with Gasteiger partial charge in [-0.15, -0.1) is 0 Å². The van der Waals surface area contributed by atoms with Crippen LogP contribution in [0, 0.1) is 10.1 Å². The van der Waals surface area contributed by atoms with E-state index >= 15 is 0 Å². The van der Waals surface area contributed by atoms with Gasteiger partial charge in [0.1, 0.15) is 11.5 Å². The molecule has 2 aromatic carbocycles.